The van der Waals surface area contributed by atoms with E-state index in [0.29, 0.717) is 21.7 Å². The second-order valence-corrected chi connectivity index (χ2v) is 4.57. The lowest BCUT2D eigenvalue weighted by Crippen LogP contribution is -2.30. The first-order valence-electron chi connectivity index (χ1n) is 5.66. The number of methoxy groups -OCH3 is 2. The summed E-state index contributed by atoms with van der Waals surface area (Å²) in [4.78, 5) is 22.0. The van der Waals surface area contributed by atoms with Gasteiger partial charge in [-0.15, -0.1) is 0 Å². The Morgan fingerprint density at radius 3 is 2.45 bits per heavy atom. The Bertz CT molecular complexity index is 507. The van der Waals surface area contributed by atoms with Crippen molar-refractivity contribution in [1.29, 1.82) is 0 Å². The molecule has 0 aliphatic carbocycles. The van der Waals surface area contributed by atoms with E-state index in [1.165, 1.54) is 14.2 Å². The quantitative estimate of drug-likeness (QED) is 0.732. The van der Waals surface area contributed by atoms with Gasteiger partial charge < -0.3 is 25.2 Å². The van der Waals surface area contributed by atoms with Gasteiger partial charge in [-0.3, -0.25) is 4.79 Å². The average molecular weight is 347 g/mol. The Morgan fingerprint density at radius 2 is 1.90 bits per heavy atom. The number of benzene rings is 1. The first-order valence-corrected chi connectivity index (χ1v) is 6.45. The number of anilines is 1. The Kier molecular flexibility index (Phi) is 6.10. The highest BCUT2D eigenvalue weighted by Crippen LogP contribution is 2.35. The van der Waals surface area contributed by atoms with Crippen LogP contribution in [0.15, 0.2) is 16.6 Å². The van der Waals surface area contributed by atoms with E-state index in [-0.39, 0.29) is 13.0 Å². The van der Waals surface area contributed by atoms with Crippen LogP contribution in [0.25, 0.3) is 0 Å². The number of ether oxygens (including phenoxy) is 2. The van der Waals surface area contributed by atoms with Crippen LogP contribution in [0.3, 0.4) is 0 Å². The highest BCUT2D eigenvalue weighted by Gasteiger charge is 2.12. The molecule has 8 heteroatoms. The van der Waals surface area contributed by atoms with Crippen molar-refractivity contribution in [2.45, 2.75) is 6.42 Å². The smallest absolute Gasteiger partial charge is 0.319 e. The SMILES string of the molecule is COc1cc(OC)c(NC(=O)NCCC(=O)O)cc1Br. The zero-order valence-electron chi connectivity index (χ0n) is 11.0. The number of hydrogen-bond donors (Lipinski definition) is 3. The number of carbonyl (C=O) groups excluding carboxylic acids is 1. The summed E-state index contributed by atoms with van der Waals surface area (Å²) >= 11 is 3.30. The van der Waals surface area contributed by atoms with E-state index >= 15 is 0 Å². The Balaban J connectivity index is 2.73. The molecule has 0 unspecified atom stereocenters. The molecule has 0 aromatic heterocycles. The third-order valence-electron chi connectivity index (χ3n) is 2.35. The number of halogens is 1. The molecular weight excluding hydrogens is 332 g/mol. The van der Waals surface area contributed by atoms with Crippen LogP contribution in [0.5, 0.6) is 11.5 Å². The highest BCUT2D eigenvalue weighted by atomic mass is 79.9. The molecule has 0 aliphatic rings. The molecule has 20 heavy (non-hydrogen) atoms. The van der Waals surface area contributed by atoms with Crippen molar-refractivity contribution in [2.24, 2.45) is 0 Å². The topological polar surface area (TPSA) is 96.9 Å². The largest absolute Gasteiger partial charge is 0.495 e. The summed E-state index contributed by atoms with van der Waals surface area (Å²) in [7, 11) is 2.99. The summed E-state index contributed by atoms with van der Waals surface area (Å²) in [5, 5.41) is 13.5. The van der Waals surface area contributed by atoms with Crippen molar-refractivity contribution in [3.05, 3.63) is 16.6 Å². The molecule has 1 rings (SSSR count). The Hall–Kier alpha value is -1.96. The van der Waals surface area contributed by atoms with E-state index in [1.807, 2.05) is 0 Å². The number of carbonyl (C=O) groups is 2. The fraction of sp³-hybridized carbons (Fsp3) is 0.333. The van der Waals surface area contributed by atoms with E-state index in [9.17, 15) is 9.59 Å². The van der Waals surface area contributed by atoms with Crippen LogP contribution >= 0.6 is 15.9 Å². The number of aliphatic carboxylic acids is 1. The lowest BCUT2D eigenvalue weighted by Gasteiger charge is -2.13. The normalized spacial score (nSPS) is 9.75. The summed E-state index contributed by atoms with van der Waals surface area (Å²) in [6.07, 6.45) is -0.142. The van der Waals surface area contributed by atoms with Crippen molar-refractivity contribution >= 4 is 33.6 Å². The molecule has 110 valence electrons. The molecule has 1 aromatic rings. The van der Waals surface area contributed by atoms with Gasteiger partial charge in [0.2, 0.25) is 0 Å². The summed E-state index contributed by atoms with van der Waals surface area (Å²) in [5.74, 6) is 0.0205. The van der Waals surface area contributed by atoms with Gasteiger partial charge in [0.1, 0.15) is 11.5 Å². The molecule has 0 aliphatic heterocycles. The first kappa shape index (κ1) is 16.1. The third kappa shape index (κ3) is 4.61. The summed E-state index contributed by atoms with van der Waals surface area (Å²) in [6.45, 7) is 0.0425. The number of carboxylic acid groups (broad SMARTS) is 1. The zero-order valence-corrected chi connectivity index (χ0v) is 12.6. The van der Waals surface area contributed by atoms with Gasteiger partial charge in [0.15, 0.2) is 0 Å². The van der Waals surface area contributed by atoms with Crippen LogP contribution in [-0.4, -0.2) is 37.9 Å². The van der Waals surface area contributed by atoms with E-state index in [2.05, 4.69) is 26.6 Å². The summed E-state index contributed by atoms with van der Waals surface area (Å²) in [6, 6.07) is 2.74. The molecule has 1 aromatic carbocycles. The molecule has 0 fully saturated rings. The minimum atomic E-state index is -0.977. The maximum atomic E-state index is 11.6. The number of carboxylic acids is 1. The van der Waals surface area contributed by atoms with Crippen LogP contribution in [0.2, 0.25) is 0 Å². The molecule has 0 bridgehead atoms. The van der Waals surface area contributed by atoms with E-state index < -0.39 is 12.0 Å². The summed E-state index contributed by atoms with van der Waals surface area (Å²) in [5.41, 5.74) is 0.438. The van der Waals surface area contributed by atoms with Crippen LogP contribution in [0.1, 0.15) is 6.42 Å². The van der Waals surface area contributed by atoms with Crippen molar-refractivity contribution < 1.29 is 24.2 Å². The van der Waals surface area contributed by atoms with Crippen molar-refractivity contribution in [3.63, 3.8) is 0 Å². The minimum Gasteiger partial charge on any atom is -0.495 e. The number of amides is 2. The van der Waals surface area contributed by atoms with Crippen LogP contribution in [0.4, 0.5) is 10.5 Å². The van der Waals surface area contributed by atoms with Gasteiger partial charge >= 0.3 is 12.0 Å². The Morgan fingerprint density at radius 1 is 1.25 bits per heavy atom. The van der Waals surface area contributed by atoms with Gasteiger partial charge in [-0.2, -0.15) is 0 Å². The van der Waals surface area contributed by atoms with Crippen LogP contribution in [0, 0.1) is 0 Å². The maximum absolute atomic E-state index is 11.6. The van der Waals surface area contributed by atoms with Crippen LogP contribution in [-0.2, 0) is 4.79 Å². The van der Waals surface area contributed by atoms with E-state index in [0.717, 1.165) is 0 Å². The van der Waals surface area contributed by atoms with Gasteiger partial charge in [0.25, 0.3) is 0 Å². The molecule has 7 nitrogen and oxygen atoms in total. The predicted molar refractivity (Wildman–Crippen MR) is 76.5 cm³/mol. The monoisotopic (exact) mass is 346 g/mol. The van der Waals surface area contributed by atoms with Gasteiger partial charge in [-0.25, -0.2) is 4.79 Å². The zero-order chi connectivity index (χ0) is 15.1. The number of rotatable bonds is 6. The van der Waals surface area contributed by atoms with Crippen molar-refractivity contribution in [2.75, 3.05) is 26.1 Å². The number of nitrogens with one attached hydrogen (secondary N) is 2. The van der Waals surface area contributed by atoms with Gasteiger partial charge in [-0.05, 0) is 22.0 Å². The number of hydrogen-bond acceptors (Lipinski definition) is 4. The lowest BCUT2D eigenvalue weighted by atomic mass is 10.2. The van der Waals surface area contributed by atoms with E-state index in [4.69, 9.17) is 14.6 Å². The Labute approximate surface area is 124 Å². The molecule has 0 atom stereocenters. The molecular formula is C12H15BrN2O5. The summed E-state index contributed by atoms with van der Waals surface area (Å²) < 4.78 is 10.9. The maximum Gasteiger partial charge on any atom is 0.319 e. The third-order valence-corrected chi connectivity index (χ3v) is 2.97. The van der Waals surface area contributed by atoms with Crippen LogP contribution < -0.4 is 20.1 Å². The molecule has 0 saturated carbocycles. The molecule has 2 amide bonds. The van der Waals surface area contributed by atoms with E-state index in [1.54, 1.807) is 12.1 Å². The fourth-order valence-electron chi connectivity index (χ4n) is 1.41. The molecule has 0 radical (unpaired) electrons. The lowest BCUT2D eigenvalue weighted by molar-refractivity contribution is -0.136. The second-order valence-electron chi connectivity index (χ2n) is 3.71. The second kappa shape index (κ2) is 7.59. The predicted octanol–water partition coefficient (Wildman–Crippen LogP) is 2.06. The minimum absolute atomic E-state index is 0.0425. The van der Waals surface area contributed by atoms with Crippen molar-refractivity contribution in [3.8, 4) is 11.5 Å². The van der Waals surface area contributed by atoms with Gasteiger partial charge in [-0.1, -0.05) is 0 Å². The number of urea groups is 1. The first-order chi connectivity index (χ1) is 9.47. The van der Waals surface area contributed by atoms with Gasteiger partial charge in [0, 0.05) is 12.6 Å². The van der Waals surface area contributed by atoms with Crippen molar-refractivity contribution in [1.82, 2.24) is 5.32 Å². The molecule has 0 heterocycles. The fourth-order valence-corrected chi connectivity index (χ4v) is 1.91. The molecule has 0 spiro atoms. The highest BCUT2D eigenvalue weighted by molar-refractivity contribution is 9.10. The molecule has 3 N–H and O–H groups in total. The standard InChI is InChI=1S/C12H15BrN2O5/c1-19-9-6-10(20-2)8(5-7(9)13)15-12(18)14-4-3-11(16)17/h5-6H,3-4H2,1-2H3,(H,16,17)(H2,14,15,18). The molecule has 0 saturated heterocycles. The van der Waals surface area contributed by atoms with Gasteiger partial charge in [0.05, 0.1) is 30.8 Å². The average Bonchev–Trinajstić information content (AvgIpc) is 2.38.